The van der Waals surface area contributed by atoms with Gasteiger partial charge >= 0.3 is 0 Å². The maximum Gasteiger partial charge on any atom is 0.269 e. The van der Waals surface area contributed by atoms with Crippen LogP contribution in [0.25, 0.3) is 0 Å². The van der Waals surface area contributed by atoms with Crippen molar-refractivity contribution in [2.75, 3.05) is 13.1 Å². The summed E-state index contributed by atoms with van der Waals surface area (Å²) in [4.78, 5) is 19.0. The zero-order valence-electron chi connectivity index (χ0n) is 14.5. The highest BCUT2D eigenvalue weighted by Gasteiger charge is 2.29. The van der Waals surface area contributed by atoms with Crippen LogP contribution < -0.4 is 4.74 Å². The van der Waals surface area contributed by atoms with E-state index in [1.165, 1.54) is 11.1 Å². The lowest BCUT2D eigenvalue weighted by atomic mass is 10.2. The Morgan fingerprint density at radius 2 is 1.92 bits per heavy atom. The normalized spacial score (nSPS) is 15.0. The summed E-state index contributed by atoms with van der Waals surface area (Å²) in [5, 5.41) is 0.786. The van der Waals surface area contributed by atoms with Crippen LogP contribution in [0.3, 0.4) is 0 Å². The molecule has 0 aromatic heterocycles. The number of amides is 1. The van der Waals surface area contributed by atoms with Crippen LogP contribution in [0.4, 0.5) is 0 Å². The smallest absolute Gasteiger partial charge is 0.269 e. The van der Waals surface area contributed by atoms with E-state index in [4.69, 9.17) is 4.74 Å². The van der Waals surface area contributed by atoms with Crippen LogP contribution in [0.1, 0.15) is 18.1 Å². The molecule has 0 aliphatic carbocycles. The zero-order chi connectivity index (χ0) is 17.6. The Kier molecular flexibility index (Phi) is 5.76. The van der Waals surface area contributed by atoms with Crippen LogP contribution in [0, 0.1) is 6.92 Å². The first-order chi connectivity index (χ1) is 12.1. The third kappa shape index (κ3) is 4.63. The zero-order valence-corrected chi connectivity index (χ0v) is 15.3. The highest BCUT2D eigenvalue weighted by molar-refractivity contribution is 8.13. The van der Waals surface area contributed by atoms with E-state index >= 15 is 0 Å². The van der Waals surface area contributed by atoms with Gasteiger partial charge in [-0.15, -0.1) is 0 Å². The summed E-state index contributed by atoms with van der Waals surface area (Å²) in [5.41, 5.74) is 2.47. The lowest BCUT2D eigenvalue weighted by Gasteiger charge is -2.22. The Hall–Kier alpha value is -2.27. The second-order valence-electron chi connectivity index (χ2n) is 6.00. The number of ether oxygens (including phenoxy) is 1. The summed E-state index contributed by atoms with van der Waals surface area (Å²) in [6, 6.07) is 17.9. The number of aryl methyl sites for hydroxylation is 1. The molecule has 0 N–H and O–H groups in total. The Morgan fingerprint density at radius 1 is 1.20 bits per heavy atom. The summed E-state index contributed by atoms with van der Waals surface area (Å²) < 4.78 is 5.76. The first-order valence-electron chi connectivity index (χ1n) is 8.39. The summed E-state index contributed by atoms with van der Waals surface area (Å²) in [5.74, 6) is 1.46. The minimum absolute atomic E-state index is 0.0449. The van der Waals surface area contributed by atoms with E-state index in [1.807, 2.05) is 30.3 Å². The maximum absolute atomic E-state index is 12.7. The molecule has 0 unspecified atom stereocenters. The van der Waals surface area contributed by atoms with Crippen LogP contribution in [0.15, 0.2) is 59.6 Å². The minimum atomic E-state index is -0.536. The Bertz CT molecular complexity index is 744. The molecule has 1 aliphatic rings. The van der Waals surface area contributed by atoms with Crippen molar-refractivity contribution in [2.24, 2.45) is 4.99 Å². The van der Waals surface area contributed by atoms with Gasteiger partial charge in [0.25, 0.3) is 5.91 Å². The minimum Gasteiger partial charge on any atom is -0.481 e. The molecule has 130 valence electrons. The molecule has 0 radical (unpaired) electrons. The molecule has 0 spiro atoms. The van der Waals surface area contributed by atoms with Gasteiger partial charge in [-0.2, -0.15) is 0 Å². The third-order valence-corrected chi connectivity index (χ3v) is 5.05. The highest BCUT2D eigenvalue weighted by atomic mass is 32.2. The third-order valence-electron chi connectivity index (χ3n) is 3.96. The van der Waals surface area contributed by atoms with Gasteiger partial charge in [0.1, 0.15) is 5.75 Å². The van der Waals surface area contributed by atoms with Gasteiger partial charge in [-0.25, -0.2) is 0 Å². The van der Waals surface area contributed by atoms with Gasteiger partial charge in [0.15, 0.2) is 11.3 Å². The molecule has 0 saturated heterocycles. The Morgan fingerprint density at radius 3 is 2.64 bits per heavy atom. The first-order valence-corrected chi connectivity index (χ1v) is 9.38. The van der Waals surface area contributed by atoms with Crippen molar-refractivity contribution in [3.8, 4) is 5.75 Å². The number of carbonyl (C=O) groups is 1. The fourth-order valence-electron chi connectivity index (χ4n) is 2.56. The number of benzene rings is 2. The van der Waals surface area contributed by atoms with Gasteiger partial charge in [0.05, 0.1) is 6.54 Å². The molecule has 5 heteroatoms. The van der Waals surface area contributed by atoms with E-state index < -0.39 is 6.10 Å². The molecule has 1 aliphatic heterocycles. The first kappa shape index (κ1) is 17.5. The van der Waals surface area contributed by atoms with Crippen LogP contribution in [-0.4, -0.2) is 35.2 Å². The highest BCUT2D eigenvalue weighted by Crippen LogP contribution is 2.21. The molecule has 1 atom stereocenters. The second-order valence-corrected chi connectivity index (χ2v) is 6.94. The molecule has 4 nitrogen and oxygen atoms in total. The predicted molar refractivity (Wildman–Crippen MR) is 103 cm³/mol. The molecule has 2 aromatic carbocycles. The number of hydrogen-bond donors (Lipinski definition) is 0. The lowest BCUT2D eigenvalue weighted by molar-refractivity contribution is -0.133. The van der Waals surface area contributed by atoms with Gasteiger partial charge in [-0.05, 0) is 31.5 Å². The topological polar surface area (TPSA) is 41.9 Å². The van der Waals surface area contributed by atoms with E-state index in [1.54, 1.807) is 23.6 Å². The van der Waals surface area contributed by atoms with Gasteiger partial charge in [0.2, 0.25) is 0 Å². The summed E-state index contributed by atoms with van der Waals surface area (Å²) in [6.45, 7) is 5.14. The van der Waals surface area contributed by atoms with Gasteiger partial charge < -0.3 is 4.74 Å². The van der Waals surface area contributed by atoms with E-state index in [0.29, 0.717) is 18.8 Å². The van der Waals surface area contributed by atoms with Crippen LogP contribution in [0.5, 0.6) is 5.75 Å². The van der Waals surface area contributed by atoms with Crippen LogP contribution in [-0.2, 0) is 10.5 Å². The lowest BCUT2D eigenvalue weighted by Crippen LogP contribution is -2.41. The number of amidine groups is 1. The molecule has 1 amide bonds. The van der Waals surface area contributed by atoms with Crippen molar-refractivity contribution in [3.63, 3.8) is 0 Å². The number of hydrogen-bond acceptors (Lipinski definition) is 4. The molecular weight excluding hydrogens is 332 g/mol. The number of aliphatic imine (C=N–C) groups is 1. The van der Waals surface area contributed by atoms with Gasteiger partial charge in [-0.1, -0.05) is 59.8 Å². The molecular formula is C20H22N2O2S. The van der Waals surface area contributed by atoms with Crippen molar-refractivity contribution < 1.29 is 9.53 Å². The van der Waals surface area contributed by atoms with E-state index in [9.17, 15) is 4.79 Å². The van der Waals surface area contributed by atoms with Crippen molar-refractivity contribution in [3.05, 3.63) is 65.7 Å². The van der Waals surface area contributed by atoms with Crippen LogP contribution >= 0.6 is 11.8 Å². The van der Waals surface area contributed by atoms with E-state index in [0.717, 1.165) is 10.9 Å². The number of thioether (sulfide) groups is 1. The summed E-state index contributed by atoms with van der Waals surface area (Å²) >= 11 is 1.60. The SMILES string of the molecule is Cc1ccc(CSC2=NCCN2C(=O)[C@H](C)Oc2ccccc2)cc1. The maximum atomic E-state index is 12.7. The quantitative estimate of drug-likeness (QED) is 0.818. The van der Waals surface area contributed by atoms with Crippen molar-refractivity contribution in [1.82, 2.24) is 4.90 Å². The average Bonchev–Trinajstić information content (AvgIpc) is 3.10. The van der Waals surface area contributed by atoms with Crippen molar-refractivity contribution in [1.29, 1.82) is 0 Å². The largest absolute Gasteiger partial charge is 0.481 e. The Labute approximate surface area is 152 Å². The molecule has 3 rings (SSSR count). The van der Waals surface area contributed by atoms with Crippen molar-refractivity contribution in [2.45, 2.75) is 25.7 Å². The van der Waals surface area contributed by atoms with E-state index in [-0.39, 0.29) is 5.91 Å². The number of rotatable bonds is 5. The second kappa shape index (κ2) is 8.21. The molecule has 2 aromatic rings. The number of carbonyl (C=O) groups excluding carboxylic acids is 1. The molecule has 25 heavy (non-hydrogen) atoms. The standard InChI is InChI=1S/C20H22N2O2S/c1-15-8-10-17(11-9-15)14-25-20-21-12-13-22(20)19(23)16(2)24-18-6-4-3-5-7-18/h3-11,16H,12-14H2,1-2H3/t16-/m0/s1. The Balaban J connectivity index is 1.58. The van der Waals surface area contributed by atoms with Crippen molar-refractivity contribution >= 4 is 22.8 Å². The summed E-state index contributed by atoms with van der Waals surface area (Å²) in [7, 11) is 0. The summed E-state index contributed by atoms with van der Waals surface area (Å²) in [6.07, 6.45) is -0.536. The molecule has 0 bridgehead atoms. The monoisotopic (exact) mass is 354 g/mol. The van der Waals surface area contributed by atoms with E-state index in [2.05, 4.69) is 36.2 Å². The van der Waals surface area contributed by atoms with Gasteiger partial charge in [0, 0.05) is 12.3 Å². The molecule has 0 fully saturated rings. The molecule has 0 saturated carbocycles. The number of nitrogens with zero attached hydrogens (tertiary/aromatic N) is 2. The van der Waals surface area contributed by atoms with Crippen LogP contribution in [0.2, 0.25) is 0 Å². The fourth-order valence-corrected chi connectivity index (χ4v) is 3.57. The molecule has 1 heterocycles. The van der Waals surface area contributed by atoms with Gasteiger partial charge in [-0.3, -0.25) is 14.7 Å². The average molecular weight is 354 g/mol. The number of para-hydroxylation sites is 1. The predicted octanol–water partition coefficient (Wildman–Crippen LogP) is 3.89. The fraction of sp³-hybridized carbons (Fsp3) is 0.300.